The number of benzene rings is 2. The third-order valence-electron chi connectivity index (χ3n) is 5.20. The Morgan fingerprint density at radius 1 is 1.12 bits per heavy atom. The van der Waals surface area contributed by atoms with Crippen molar-refractivity contribution in [2.45, 2.75) is 33.4 Å². The molecule has 0 bridgehead atoms. The molecule has 0 aliphatic rings. The van der Waals surface area contributed by atoms with Crippen LogP contribution in [0.25, 0.3) is 5.69 Å². The molecule has 7 heteroatoms. The third-order valence-corrected chi connectivity index (χ3v) is 5.20. The highest BCUT2D eigenvalue weighted by Crippen LogP contribution is 2.33. The number of aryl methyl sites for hydroxylation is 1. The van der Waals surface area contributed by atoms with Crippen molar-refractivity contribution in [3.63, 3.8) is 0 Å². The Labute approximate surface area is 201 Å². The first kappa shape index (κ1) is 25.6. The molecule has 1 atom stereocenters. The van der Waals surface area contributed by atoms with E-state index in [1.54, 1.807) is 29.0 Å². The van der Waals surface area contributed by atoms with Crippen LogP contribution in [0.15, 0.2) is 67.3 Å². The Morgan fingerprint density at radius 2 is 1.82 bits per heavy atom. The maximum Gasteiger partial charge on any atom is 0.227 e. The summed E-state index contributed by atoms with van der Waals surface area (Å²) in [4.78, 5) is 2.15. The number of nitrogens with zero attached hydrogens (tertiary/aromatic N) is 3. The van der Waals surface area contributed by atoms with E-state index in [-0.39, 0.29) is 12.4 Å². The van der Waals surface area contributed by atoms with E-state index in [0.717, 1.165) is 23.5 Å². The second-order valence-electron chi connectivity index (χ2n) is 8.72. The molecule has 0 aliphatic heterocycles. The predicted octanol–water partition coefficient (Wildman–Crippen LogP) is 5.13. The van der Waals surface area contributed by atoms with Crippen molar-refractivity contribution < 1.29 is 19.0 Å². The van der Waals surface area contributed by atoms with Crippen LogP contribution in [0.5, 0.6) is 11.6 Å². The van der Waals surface area contributed by atoms with Gasteiger partial charge in [-0.15, -0.1) is 6.58 Å². The fraction of sp³-hybridized carbons (Fsp3) is 0.370. The lowest BCUT2D eigenvalue weighted by Crippen LogP contribution is -2.37. The lowest BCUT2D eigenvalue weighted by Gasteiger charge is -2.27. The first-order valence-corrected chi connectivity index (χ1v) is 11.5. The summed E-state index contributed by atoms with van der Waals surface area (Å²) in [6, 6.07) is 16.0. The molecule has 2 aromatic carbocycles. The molecule has 6 nitrogen and oxygen atoms in total. The van der Waals surface area contributed by atoms with E-state index >= 15 is 0 Å². The van der Waals surface area contributed by atoms with Crippen LogP contribution in [0.2, 0.25) is 0 Å². The molecule has 0 saturated heterocycles. The van der Waals surface area contributed by atoms with Crippen LogP contribution in [-0.2, 0) is 11.3 Å². The van der Waals surface area contributed by atoms with Crippen LogP contribution in [0.4, 0.5) is 4.39 Å². The quantitative estimate of drug-likeness (QED) is 0.279. The van der Waals surface area contributed by atoms with Crippen molar-refractivity contribution >= 4 is 0 Å². The molecule has 1 N–H and O–H groups in total. The average Bonchev–Trinajstić information content (AvgIpc) is 3.10. The van der Waals surface area contributed by atoms with Gasteiger partial charge in [0.05, 0.1) is 36.3 Å². The molecule has 0 radical (unpaired) electrons. The summed E-state index contributed by atoms with van der Waals surface area (Å²) in [5.41, 5.74) is 2.43. The van der Waals surface area contributed by atoms with E-state index in [0.29, 0.717) is 31.5 Å². The number of rotatable bonds is 13. The smallest absolute Gasteiger partial charge is 0.227 e. The van der Waals surface area contributed by atoms with Crippen LogP contribution in [0.1, 0.15) is 25.1 Å². The van der Waals surface area contributed by atoms with Gasteiger partial charge in [-0.3, -0.25) is 4.90 Å². The molecule has 3 aromatic rings. The summed E-state index contributed by atoms with van der Waals surface area (Å²) >= 11 is 0. The number of hydrogen-bond donors (Lipinski definition) is 1. The second-order valence-corrected chi connectivity index (χ2v) is 8.72. The summed E-state index contributed by atoms with van der Waals surface area (Å²) in [6.45, 7) is 12.1. The molecule has 182 valence electrons. The lowest BCUT2D eigenvalue weighted by atomic mass is 10.1. The molecule has 0 aliphatic carbocycles. The van der Waals surface area contributed by atoms with Crippen molar-refractivity contribution in [3.8, 4) is 17.3 Å². The van der Waals surface area contributed by atoms with Gasteiger partial charge in [0.2, 0.25) is 5.88 Å². The second kappa shape index (κ2) is 12.5. The highest BCUT2D eigenvalue weighted by atomic mass is 19.1. The molecule has 0 amide bonds. The zero-order valence-electron chi connectivity index (χ0n) is 20.2. The summed E-state index contributed by atoms with van der Waals surface area (Å²) in [7, 11) is 0. The van der Waals surface area contributed by atoms with Crippen molar-refractivity contribution in [2.24, 2.45) is 5.92 Å². The predicted molar refractivity (Wildman–Crippen MR) is 132 cm³/mol. The first-order chi connectivity index (χ1) is 16.4. The minimum atomic E-state index is -0.654. The monoisotopic (exact) mass is 467 g/mol. The van der Waals surface area contributed by atoms with Crippen LogP contribution >= 0.6 is 0 Å². The van der Waals surface area contributed by atoms with Gasteiger partial charge < -0.3 is 14.6 Å². The lowest BCUT2D eigenvalue weighted by molar-refractivity contribution is 0.0222. The van der Waals surface area contributed by atoms with E-state index < -0.39 is 11.9 Å². The molecule has 0 unspecified atom stereocenters. The van der Waals surface area contributed by atoms with Crippen LogP contribution < -0.4 is 4.74 Å². The van der Waals surface area contributed by atoms with Crippen LogP contribution in [0, 0.1) is 18.7 Å². The Morgan fingerprint density at radius 3 is 2.50 bits per heavy atom. The number of aliphatic hydroxyl groups excluding tert-OH is 1. The Bertz CT molecular complexity index is 1050. The Hall–Kier alpha value is -3.00. The van der Waals surface area contributed by atoms with Gasteiger partial charge in [-0.05, 0) is 37.1 Å². The van der Waals surface area contributed by atoms with Gasteiger partial charge in [-0.2, -0.15) is 5.10 Å². The number of ether oxygens (including phenoxy) is 2. The average molecular weight is 468 g/mol. The van der Waals surface area contributed by atoms with E-state index in [2.05, 4.69) is 25.3 Å². The molecular weight excluding hydrogens is 433 g/mol. The summed E-state index contributed by atoms with van der Waals surface area (Å²) < 4.78 is 27.7. The minimum absolute atomic E-state index is 0.133. The standard InChI is InChI=1S/C27H34FN3O3/c1-5-15-33-19-23(32)17-30(16-20(2)3)18-24-21(4)29-31(22-11-7-6-8-12-22)27(24)34-26-14-10-9-13-25(26)28/h5-14,20,23,32H,1,15-19H2,2-4H3/t23-/m1/s1. The van der Waals surface area contributed by atoms with E-state index in [9.17, 15) is 9.50 Å². The molecule has 34 heavy (non-hydrogen) atoms. The molecule has 0 saturated carbocycles. The SMILES string of the molecule is C=CCOC[C@H](O)CN(Cc1c(C)nn(-c2ccccc2)c1Oc1ccccc1F)CC(C)C. The largest absolute Gasteiger partial charge is 0.435 e. The zero-order chi connectivity index (χ0) is 24.5. The fourth-order valence-electron chi connectivity index (χ4n) is 3.78. The van der Waals surface area contributed by atoms with Gasteiger partial charge in [-0.25, -0.2) is 9.07 Å². The minimum Gasteiger partial charge on any atom is -0.435 e. The maximum absolute atomic E-state index is 14.5. The van der Waals surface area contributed by atoms with Crippen LogP contribution in [-0.4, -0.2) is 52.2 Å². The van der Waals surface area contributed by atoms with Crippen molar-refractivity contribution in [3.05, 3.63) is 84.3 Å². The van der Waals surface area contributed by atoms with Crippen molar-refractivity contribution in [2.75, 3.05) is 26.3 Å². The van der Waals surface area contributed by atoms with Crippen LogP contribution in [0.3, 0.4) is 0 Å². The molecule has 1 aromatic heterocycles. The zero-order valence-corrected chi connectivity index (χ0v) is 20.2. The number of aliphatic hydroxyl groups is 1. The number of aromatic nitrogens is 2. The molecule has 0 spiro atoms. The number of para-hydroxylation sites is 2. The molecule has 1 heterocycles. The van der Waals surface area contributed by atoms with Gasteiger partial charge in [0.25, 0.3) is 0 Å². The third kappa shape index (κ3) is 7.00. The fourth-order valence-corrected chi connectivity index (χ4v) is 3.78. The van der Waals surface area contributed by atoms with Gasteiger partial charge in [0, 0.05) is 19.6 Å². The first-order valence-electron chi connectivity index (χ1n) is 11.5. The van der Waals surface area contributed by atoms with Gasteiger partial charge in [-0.1, -0.05) is 50.3 Å². The Kier molecular flexibility index (Phi) is 9.39. The normalized spacial score (nSPS) is 12.3. The van der Waals surface area contributed by atoms with Gasteiger partial charge in [0.1, 0.15) is 0 Å². The summed E-state index contributed by atoms with van der Waals surface area (Å²) in [5.74, 6) is 0.525. The van der Waals surface area contributed by atoms with E-state index in [1.807, 2.05) is 37.3 Å². The maximum atomic E-state index is 14.5. The number of halogens is 1. The summed E-state index contributed by atoms with van der Waals surface area (Å²) in [6.07, 6.45) is 1.01. The van der Waals surface area contributed by atoms with Gasteiger partial charge >= 0.3 is 0 Å². The highest BCUT2D eigenvalue weighted by molar-refractivity contribution is 5.43. The summed E-state index contributed by atoms with van der Waals surface area (Å²) in [5, 5.41) is 15.3. The Balaban J connectivity index is 1.95. The van der Waals surface area contributed by atoms with E-state index in [1.165, 1.54) is 6.07 Å². The molecular formula is C27H34FN3O3. The van der Waals surface area contributed by atoms with Crippen molar-refractivity contribution in [1.29, 1.82) is 0 Å². The topological polar surface area (TPSA) is 59.8 Å². The highest BCUT2D eigenvalue weighted by Gasteiger charge is 2.23. The van der Waals surface area contributed by atoms with Crippen molar-refractivity contribution in [1.82, 2.24) is 14.7 Å². The molecule has 3 rings (SSSR count). The molecule has 0 fully saturated rings. The van der Waals surface area contributed by atoms with E-state index in [4.69, 9.17) is 14.6 Å². The van der Waals surface area contributed by atoms with Gasteiger partial charge in [0.15, 0.2) is 11.6 Å². The number of hydrogen-bond acceptors (Lipinski definition) is 5.